The van der Waals surface area contributed by atoms with Crippen LogP contribution in [0.3, 0.4) is 0 Å². The van der Waals surface area contributed by atoms with Crippen LogP contribution < -0.4 is 0 Å². The minimum absolute atomic E-state index is 0.288. The van der Waals surface area contributed by atoms with Gasteiger partial charge in [0.15, 0.2) is 0 Å². The minimum Gasteiger partial charge on any atom is -0.462 e. The second-order valence-electron chi connectivity index (χ2n) is 5.11. The third kappa shape index (κ3) is 3.20. The Kier molecular flexibility index (Phi) is 4.85. The third-order valence-corrected chi connectivity index (χ3v) is 6.89. The van der Waals surface area contributed by atoms with Gasteiger partial charge in [-0.15, -0.1) is 22.7 Å². The molecule has 3 aromatic rings. The maximum absolute atomic E-state index is 12.0. The Labute approximate surface area is 151 Å². The van der Waals surface area contributed by atoms with Crippen molar-refractivity contribution in [3.63, 3.8) is 0 Å². The number of halogens is 1. The van der Waals surface area contributed by atoms with Crippen molar-refractivity contribution in [2.24, 2.45) is 0 Å². The molecule has 0 fully saturated rings. The van der Waals surface area contributed by atoms with Gasteiger partial charge in [-0.05, 0) is 59.3 Å². The molecule has 0 saturated carbocycles. The van der Waals surface area contributed by atoms with Crippen LogP contribution in [0.1, 0.15) is 34.8 Å². The highest BCUT2D eigenvalue weighted by Gasteiger charge is 2.19. The number of fused-ring (bicyclic) bond motifs is 1. The van der Waals surface area contributed by atoms with Crippen LogP contribution >= 0.6 is 38.6 Å². The number of esters is 1. The van der Waals surface area contributed by atoms with Gasteiger partial charge in [0.05, 0.1) is 17.2 Å². The van der Waals surface area contributed by atoms with Crippen LogP contribution in [-0.2, 0) is 11.2 Å². The Morgan fingerprint density at radius 2 is 2.04 bits per heavy atom. The predicted molar refractivity (Wildman–Crippen MR) is 101 cm³/mol. The highest BCUT2D eigenvalue weighted by molar-refractivity contribution is 9.10. The van der Waals surface area contributed by atoms with Crippen LogP contribution in [0.15, 0.2) is 22.7 Å². The Balaban J connectivity index is 2.05. The molecular weight excluding hydrogens is 394 g/mol. The van der Waals surface area contributed by atoms with Crippen molar-refractivity contribution in [1.29, 1.82) is 0 Å². The summed E-state index contributed by atoms with van der Waals surface area (Å²) in [5.41, 5.74) is 2.03. The zero-order chi connectivity index (χ0) is 16.6. The lowest BCUT2D eigenvalue weighted by atomic mass is 10.1. The van der Waals surface area contributed by atoms with Crippen molar-refractivity contribution >= 4 is 54.7 Å². The van der Waals surface area contributed by atoms with Gasteiger partial charge in [-0.1, -0.05) is 13.0 Å². The molecule has 0 aliphatic heterocycles. The number of benzene rings is 1. The zero-order valence-corrected chi connectivity index (χ0v) is 16.3. The van der Waals surface area contributed by atoms with E-state index in [1.165, 1.54) is 27.0 Å². The summed E-state index contributed by atoms with van der Waals surface area (Å²) in [6.07, 6.45) is 1.00. The highest BCUT2D eigenvalue weighted by atomic mass is 79.9. The number of thiophene rings is 1. The van der Waals surface area contributed by atoms with E-state index in [2.05, 4.69) is 46.0 Å². The number of aromatic nitrogens is 1. The lowest BCUT2D eigenvalue weighted by Crippen LogP contribution is -2.03. The number of carbonyl (C=O) groups is 1. The number of hydrogen-bond acceptors (Lipinski definition) is 5. The van der Waals surface area contributed by atoms with E-state index in [4.69, 9.17) is 4.74 Å². The van der Waals surface area contributed by atoms with Crippen LogP contribution in [0, 0.1) is 6.92 Å². The molecule has 1 aromatic carbocycles. The largest absolute Gasteiger partial charge is 0.462 e. The van der Waals surface area contributed by atoms with E-state index in [9.17, 15) is 4.79 Å². The third-order valence-electron chi connectivity index (χ3n) is 3.51. The summed E-state index contributed by atoms with van der Waals surface area (Å²) in [5.74, 6) is -0.288. The first kappa shape index (κ1) is 16.6. The van der Waals surface area contributed by atoms with Crippen molar-refractivity contribution in [3.05, 3.63) is 38.8 Å². The summed E-state index contributed by atoms with van der Waals surface area (Å²) in [6, 6.07) is 6.53. The lowest BCUT2D eigenvalue weighted by Gasteiger charge is -1.98. The van der Waals surface area contributed by atoms with Gasteiger partial charge >= 0.3 is 5.97 Å². The van der Waals surface area contributed by atoms with Gasteiger partial charge < -0.3 is 4.74 Å². The van der Waals surface area contributed by atoms with E-state index in [0.717, 1.165) is 26.5 Å². The van der Waals surface area contributed by atoms with Crippen molar-refractivity contribution in [1.82, 2.24) is 4.98 Å². The number of hydrogen-bond donors (Lipinski definition) is 0. The Bertz CT molecular complexity index is 882. The van der Waals surface area contributed by atoms with Crippen LogP contribution in [-0.4, -0.2) is 17.6 Å². The topological polar surface area (TPSA) is 39.2 Å². The highest BCUT2D eigenvalue weighted by Crippen LogP contribution is 2.40. The molecule has 120 valence electrons. The van der Waals surface area contributed by atoms with Gasteiger partial charge in [0.2, 0.25) is 0 Å². The Morgan fingerprint density at radius 3 is 2.74 bits per heavy atom. The number of thiazole rings is 1. The predicted octanol–water partition coefficient (Wildman–Crippen LogP) is 5.83. The van der Waals surface area contributed by atoms with Crippen LogP contribution in [0.4, 0.5) is 0 Å². The zero-order valence-electron chi connectivity index (χ0n) is 13.1. The molecule has 0 aliphatic carbocycles. The van der Waals surface area contributed by atoms with Crippen molar-refractivity contribution < 1.29 is 9.53 Å². The van der Waals surface area contributed by atoms with E-state index in [0.29, 0.717) is 11.5 Å². The maximum atomic E-state index is 12.0. The van der Waals surface area contributed by atoms with Gasteiger partial charge in [-0.3, -0.25) is 0 Å². The quantitative estimate of drug-likeness (QED) is 0.508. The first-order chi connectivity index (χ1) is 11.0. The molecule has 0 spiro atoms. The molecule has 0 unspecified atom stereocenters. The second kappa shape index (κ2) is 6.71. The average Bonchev–Trinajstić information content (AvgIpc) is 3.11. The summed E-state index contributed by atoms with van der Waals surface area (Å²) in [4.78, 5) is 18.2. The molecule has 23 heavy (non-hydrogen) atoms. The SMILES string of the molecule is CCOC(=O)c1sc(-c2cc3cc(CC)cc(Br)c3s2)nc1C. The number of nitrogens with zero attached hydrogens (tertiary/aromatic N) is 1. The van der Waals surface area contributed by atoms with Crippen molar-refractivity contribution in [3.8, 4) is 9.88 Å². The summed E-state index contributed by atoms with van der Waals surface area (Å²) < 4.78 is 7.42. The fourth-order valence-corrected chi connectivity index (χ4v) is 5.18. The molecule has 3 rings (SSSR count). The van der Waals surface area contributed by atoms with Gasteiger partial charge in [-0.2, -0.15) is 0 Å². The number of aryl methyl sites for hydroxylation is 2. The molecule has 0 saturated heterocycles. The molecule has 2 aromatic heterocycles. The fourth-order valence-electron chi connectivity index (χ4n) is 2.37. The van der Waals surface area contributed by atoms with Gasteiger partial charge in [-0.25, -0.2) is 9.78 Å². The molecule has 0 bridgehead atoms. The number of ether oxygens (including phenoxy) is 1. The summed E-state index contributed by atoms with van der Waals surface area (Å²) >= 11 is 6.75. The van der Waals surface area contributed by atoms with Crippen LogP contribution in [0.25, 0.3) is 20.0 Å². The first-order valence-electron chi connectivity index (χ1n) is 7.40. The van der Waals surface area contributed by atoms with E-state index < -0.39 is 0 Å². The first-order valence-corrected chi connectivity index (χ1v) is 9.83. The van der Waals surface area contributed by atoms with E-state index in [1.54, 1.807) is 11.3 Å². The smallest absolute Gasteiger partial charge is 0.350 e. The molecule has 0 atom stereocenters. The molecule has 0 N–H and O–H groups in total. The van der Waals surface area contributed by atoms with Crippen molar-refractivity contribution in [2.45, 2.75) is 27.2 Å². The number of carbonyl (C=O) groups excluding carboxylic acids is 1. The van der Waals surface area contributed by atoms with Gasteiger partial charge in [0.25, 0.3) is 0 Å². The van der Waals surface area contributed by atoms with Crippen molar-refractivity contribution in [2.75, 3.05) is 6.61 Å². The minimum atomic E-state index is -0.288. The lowest BCUT2D eigenvalue weighted by molar-refractivity contribution is 0.0531. The molecule has 6 heteroatoms. The molecule has 0 radical (unpaired) electrons. The fraction of sp³-hybridized carbons (Fsp3) is 0.294. The number of rotatable bonds is 4. The maximum Gasteiger partial charge on any atom is 0.350 e. The van der Waals surface area contributed by atoms with Gasteiger partial charge in [0.1, 0.15) is 9.88 Å². The van der Waals surface area contributed by atoms with E-state index >= 15 is 0 Å². The molecular formula is C17H16BrNO2S2. The summed E-state index contributed by atoms with van der Waals surface area (Å²) in [5, 5.41) is 2.08. The normalized spacial score (nSPS) is 11.1. The Morgan fingerprint density at radius 1 is 1.26 bits per heavy atom. The van der Waals surface area contributed by atoms with Gasteiger partial charge in [0, 0.05) is 9.17 Å². The molecule has 0 amide bonds. The van der Waals surface area contributed by atoms with E-state index in [-0.39, 0.29) is 5.97 Å². The Hall–Kier alpha value is -1.24. The molecule has 2 heterocycles. The second-order valence-corrected chi connectivity index (χ2v) is 8.02. The average molecular weight is 410 g/mol. The van der Waals surface area contributed by atoms with Crippen LogP contribution in [0.2, 0.25) is 0 Å². The summed E-state index contributed by atoms with van der Waals surface area (Å²) in [6.45, 7) is 6.19. The molecule has 0 aliphatic rings. The van der Waals surface area contributed by atoms with Crippen LogP contribution in [0.5, 0.6) is 0 Å². The summed E-state index contributed by atoms with van der Waals surface area (Å²) in [7, 11) is 0. The molecule has 3 nitrogen and oxygen atoms in total. The monoisotopic (exact) mass is 409 g/mol. The van der Waals surface area contributed by atoms with E-state index in [1.807, 2.05) is 13.8 Å². The standard InChI is InChI=1S/C17H16BrNO2S2/c1-4-10-6-11-8-13(22-15(11)12(18)7-10)16-19-9(3)14(23-16)17(20)21-5-2/h6-8H,4-5H2,1-3H3.